The molecule has 2 fully saturated rings. The van der Waals surface area contributed by atoms with Gasteiger partial charge in [-0.2, -0.15) is 0 Å². The lowest BCUT2D eigenvalue weighted by Gasteiger charge is -2.36. The molecule has 4 rings (SSSR count). The predicted molar refractivity (Wildman–Crippen MR) is 105 cm³/mol. The fourth-order valence-electron chi connectivity index (χ4n) is 4.02. The molecule has 0 spiro atoms. The molecule has 1 atom stereocenters. The molecule has 28 heavy (non-hydrogen) atoms. The van der Waals surface area contributed by atoms with E-state index in [0.717, 1.165) is 38.5 Å². The molecule has 0 saturated carbocycles. The van der Waals surface area contributed by atoms with Crippen molar-refractivity contribution in [1.82, 2.24) is 14.7 Å². The van der Waals surface area contributed by atoms with Crippen LogP contribution in [-0.2, 0) is 22.7 Å². The van der Waals surface area contributed by atoms with Crippen molar-refractivity contribution in [1.29, 1.82) is 0 Å². The number of likely N-dealkylation sites (tertiary alicyclic amines) is 1. The van der Waals surface area contributed by atoms with E-state index in [0.29, 0.717) is 19.5 Å². The Morgan fingerprint density at radius 1 is 1.07 bits per heavy atom. The molecule has 3 heterocycles. The van der Waals surface area contributed by atoms with Gasteiger partial charge in [-0.1, -0.05) is 29.8 Å². The van der Waals surface area contributed by atoms with E-state index in [1.165, 1.54) is 11.1 Å². The van der Waals surface area contributed by atoms with E-state index in [1.54, 1.807) is 11.2 Å². The summed E-state index contributed by atoms with van der Waals surface area (Å²) in [6, 6.07) is 12.3. The highest BCUT2D eigenvalue weighted by Crippen LogP contribution is 2.23. The highest BCUT2D eigenvalue weighted by atomic mass is 16.3. The van der Waals surface area contributed by atoms with Gasteiger partial charge < -0.3 is 14.2 Å². The fraction of sp³-hybridized carbons (Fsp3) is 0.455. The van der Waals surface area contributed by atoms with Crippen molar-refractivity contribution in [3.8, 4) is 0 Å². The molecule has 0 unspecified atom stereocenters. The van der Waals surface area contributed by atoms with E-state index >= 15 is 0 Å². The molecule has 2 saturated heterocycles. The van der Waals surface area contributed by atoms with Crippen LogP contribution in [0.15, 0.2) is 47.1 Å². The van der Waals surface area contributed by atoms with Crippen molar-refractivity contribution < 1.29 is 14.0 Å². The second-order valence-corrected chi connectivity index (χ2v) is 7.84. The Labute approximate surface area is 165 Å². The molecule has 1 aromatic carbocycles. The first-order chi connectivity index (χ1) is 13.6. The average molecular weight is 381 g/mol. The maximum Gasteiger partial charge on any atom is 0.228 e. The largest absolute Gasteiger partial charge is 0.467 e. The third kappa shape index (κ3) is 4.28. The van der Waals surface area contributed by atoms with E-state index in [1.807, 2.05) is 17.0 Å². The Morgan fingerprint density at radius 3 is 2.50 bits per heavy atom. The summed E-state index contributed by atoms with van der Waals surface area (Å²) in [5, 5.41) is 0. The summed E-state index contributed by atoms with van der Waals surface area (Å²) in [7, 11) is 0. The summed E-state index contributed by atoms with van der Waals surface area (Å²) in [5.74, 6) is 0.676. The van der Waals surface area contributed by atoms with Crippen molar-refractivity contribution in [3.05, 3.63) is 59.5 Å². The number of carbonyl (C=O) groups is 2. The van der Waals surface area contributed by atoms with Gasteiger partial charge in [0, 0.05) is 45.7 Å². The molecule has 6 nitrogen and oxygen atoms in total. The third-order valence-electron chi connectivity index (χ3n) is 5.70. The van der Waals surface area contributed by atoms with Crippen LogP contribution in [0.2, 0.25) is 0 Å². The highest BCUT2D eigenvalue weighted by molar-refractivity contribution is 5.89. The summed E-state index contributed by atoms with van der Waals surface area (Å²) in [6.45, 7) is 7.15. The number of piperazine rings is 1. The second kappa shape index (κ2) is 8.19. The van der Waals surface area contributed by atoms with Crippen molar-refractivity contribution in [2.24, 2.45) is 5.92 Å². The lowest BCUT2D eigenvalue weighted by Crippen LogP contribution is -2.50. The minimum Gasteiger partial charge on any atom is -0.467 e. The quantitative estimate of drug-likeness (QED) is 0.797. The van der Waals surface area contributed by atoms with Gasteiger partial charge in [-0.3, -0.25) is 14.5 Å². The van der Waals surface area contributed by atoms with E-state index in [9.17, 15) is 9.59 Å². The number of benzene rings is 1. The zero-order valence-electron chi connectivity index (χ0n) is 16.3. The van der Waals surface area contributed by atoms with Gasteiger partial charge in [-0.05, 0) is 24.6 Å². The van der Waals surface area contributed by atoms with Gasteiger partial charge in [0.1, 0.15) is 5.76 Å². The van der Waals surface area contributed by atoms with Crippen LogP contribution >= 0.6 is 0 Å². The molecule has 0 N–H and O–H groups in total. The molecule has 6 heteroatoms. The average Bonchev–Trinajstić information content (AvgIpc) is 3.34. The Balaban J connectivity index is 1.27. The minimum absolute atomic E-state index is 0.0350. The van der Waals surface area contributed by atoms with Crippen molar-refractivity contribution >= 4 is 11.8 Å². The van der Waals surface area contributed by atoms with Crippen LogP contribution in [0.3, 0.4) is 0 Å². The minimum atomic E-state index is -0.230. The first-order valence-electron chi connectivity index (χ1n) is 9.95. The first kappa shape index (κ1) is 18.7. The molecular weight excluding hydrogens is 354 g/mol. The number of amides is 2. The number of aryl methyl sites for hydroxylation is 1. The van der Waals surface area contributed by atoms with Gasteiger partial charge in [-0.15, -0.1) is 0 Å². The van der Waals surface area contributed by atoms with E-state index < -0.39 is 0 Å². The Morgan fingerprint density at radius 2 is 1.82 bits per heavy atom. The van der Waals surface area contributed by atoms with Gasteiger partial charge in [0.05, 0.1) is 18.7 Å². The molecule has 2 aromatic rings. The summed E-state index contributed by atoms with van der Waals surface area (Å²) in [4.78, 5) is 31.2. The number of rotatable bonds is 5. The molecular formula is C22H27N3O3. The first-order valence-corrected chi connectivity index (χ1v) is 9.95. The molecule has 148 valence electrons. The van der Waals surface area contributed by atoms with Crippen LogP contribution in [-0.4, -0.2) is 59.2 Å². The number of furan rings is 1. The van der Waals surface area contributed by atoms with Crippen LogP contribution in [0, 0.1) is 12.8 Å². The second-order valence-electron chi connectivity index (χ2n) is 7.84. The van der Waals surface area contributed by atoms with Gasteiger partial charge in [0.15, 0.2) is 0 Å². The van der Waals surface area contributed by atoms with E-state index in [4.69, 9.17) is 4.42 Å². The lowest BCUT2D eigenvalue weighted by molar-refractivity contribution is -0.137. The zero-order valence-corrected chi connectivity index (χ0v) is 16.3. The van der Waals surface area contributed by atoms with Gasteiger partial charge in [0.2, 0.25) is 11.8 Å². The summed E-state index contributed by atoms with van der Waals surface area (Å²) in [6.07, 6.45) is 1.91. The molecule has 0 radical (unpaired) electrons. The Hall–Kier alpha value is -2.60. The third-order valence-corrected chi connectivity index (χ3v) is 5.70. The van der Waals surface area contributed by atoms with Gasteiger partial charge in [0.25, 0.3) is 0 Å². The van der Waals surface area contributed by atoms with Gasteiger partial charge in [-0.25, -0.2) is 0 Å². The lowest BCUT2D eigenvalue weighted by atomic mass is 10.1. The smallest absolute Gasteiger partial charge is 0.228 e. The highest BCUT2D eigenvalue weighted by Gasteiger charge is 2.37. The standard InChI is InChI=1S/C22H27N3O3/c1-17-4-6-18(7-5-17)14-23-8-10-24(11-9-23)22(27)19-13-21(26)25(15-19)16-20-3-2-12-28-20/h2-7,12,19H,8-11,13-16H2,1H3/t19-/m0/s1. The topological polar surface area (TPSA) is 57.0 Å². The summed E-state index contributed by atoms with van der Waals surface area (Å²) < 4.78 is 5.33. The normalized spacial score (nSPS) is 20.8. The van der Waals surface area contributed by atoms with E-state index in [2.05, 4.69) is 36.1 Å². The number of carbonyl (C=O) groups excluding carboxylic acids is 2. The SMILES string of the molecule is Cc1ccc(CN2CCN(C(=O)[C@H]3CC(=O)N(Cc4ccco4)C3)CC2)cc1. The zero-order chi connectivity index (χ0) is 19.5. The van der Waals surface area contributed by atoms with Crippen molar-refractivity contribution in [2.75, 3.05) is 32.7 Å². The molecule has 2 aliphatic heterocycles. The Bertz CT molecular complexity index is 808. The fourth-order valence-corrected chi connectivity index (χ4v) is 4.02. The van der Waals surface area contributed by atoms with E-state index in [-0.39, 0.29) is 17.7 Å². The molecule has 0 aliphatic carbocycles. The Kier molecular flexibility index (Phi) is 5.48. The van der Waals surface area contributed by atoms with Crippen LogP contribution in [0.5, 0.6) is 0 Å². The van der Waals surface area contributed by atoms with Gasteiger partial charge >= 0.3 is 0 Å². The monoisotopic (exact) mass is 381 g/mol. The summed E-state index contributed by atoms with van der Waals surface area (Å²) >= 11 is 0. The number of hydrogen-bond donors (Lipinski definition) is 0. The predicted octanol–water partition coefficient (Wildman–Crippen LogP) is 2.28. The van der Waals surface area contributed by atoms with Crippen LogP contribution in [0.25, 0.3) is 0 Å². The number of hydrogen-bond acceptors (Lipinski definition) is 4. The van der Waals surface area contributed by atoms with Crippen LogP contribution in [0.1, 0.15) is 23.3 Å². The maximum absolute atomic E-state index is 12.9. The molecule has 1 aromatic heterocycles. The van der Waals surface area contributed by atoms with Crippen molar-refractivity contribution in [2.45, 2.75) is 26.4 Å². The maximum atomic E-state index is 12.9. The number of nitrogens with zero attached hydrogens (tertiary/aromatic N) is 3. The van der Waals surface area contributed by atoms with Crippen LogP contribution in [0.4, 0.5) is 0 Å². The molecule has 2 aliphatic rings. The van der Waals surface area contributed by atoms with Crippen molar-refractivity contribution in [3.63, 3.8) is 0 Å². The summed E-state index contributed by atoms with van der Waals surface area (Å²) in [5.41, 5.74) is 2.58. The molecule has 0 bridgehead atoms. The van der Waals surface area contributed by atoms with Crippen LogP contribution < -0.4 is 0 Å². The molecule has 2 amide bonds.